The van der Waals surface area contributed by atoms with Gasteiger partial charge in [0.2, 0.25) is 5.65 Å². The van der Waals surface area contributed by atoms with Gasteiger partial charge in [-0.2, -0.15) is 0 Å². The number of nitrogens with zero attached hydrogens (tertiary/aromatic N) is 3. The molecule has 0 spiro atoms. The third-order valence-corrected chi connectivity index (χ3v) is 2.66. The minimum Gasteiger partial charge on any atom is -0.298 e. The Morgan fingerprint density at radius 1 is 1.50 bits per heavy atom. The van der Waals surface area contributed by atoms with Crippen LogP contribution in [0.3, 0.4) is 0 Å². The van der Waals surface area contributed by atoms with E-state index in [-0.39, 0.29) is 16.5 Å². The molecule has 2 rings (SSSR count). The zero-order valence-corrected chi connectivity index (χ0v) is 9.47. The molecule has 5 nitrogen and oxygen atoms in total. The zero-order chi connectivity index (χ0) is 11.9. The first-order valence-electron chi connectivity index (χ1n) is 5.13. The highest BCUT2D eigenvalue weighted by molar-refractivity contribution is 5.64. The fourth-order valence-corrected chi connectivity index (χ4v) is 1.80. The van der Waals surface area contributed by atoms with E-state index in [1.807, 2.05) is 20.0 Å². The lowest BCUT2D eigenvalue weighted by molar-refractivity contribution is -0.384. The monoisotopic (exact) mass is 219 g/mol. The molecular formula is C11H13N3O2. The van der Waals surface area contributed by atoms with Crippen molar-refractivity contribution in [3.05, 3.63) is 39.8 Å². The minimum atomic E-state index is -0.373. The number of imidazole rings is 1. The summed E-state index contributed by atoms with van der Waals surface area (Å²) in [4.78, 5) is 14.7. The number of nitro groups is 1. The van der Waals surface area contributed by atoms with Crippen LogP contribution in [0.4, 0.5) is 5.69 Å². The molecule has 2 aromatic heterocycles. The first kappa shape index (κ1) is 10.6. The van der Waals surface area contributed by atoms with E-state index < -0.39 is 0 Å². The number of pyridine rings is 1. The van der Waals surface area contributed by atoms with Crippen LogP contribution in [0, 0.1) is 17.0 Å². The van der Waals surface area contributed by atoms with Crippen LogP contribution in [0.15, 0.2) is 18.5 Å². The van der Waals surface area contributed by atoms with Crippen molar-refractivity contribution in [2.75, 3.05) is 0 Å². The zero-order valence-electron chi connectivity index (χ0n) is 9.47. The third-order valence-electron chi connectivity index (χ3n) is 2.66. The Morgan fingerprint density at radius 2 is 2.19 bits per heavy atom. The van der Waals surface area contributed by atoms with E-state index in [4.69, 9.17) is 0 Å². The molecule has 5 heteroatoms. The number of hydrogen-bond acceptors (Lipinski definition) is 3. The number of rotatable bonds is 2. The Balaban J connectivity index is 2.81. The fraction of sp³-hybridized carbons (Fsp3) is 0.364. The van der Waals surface area contributed by atoms with E-state index in [1.54, 1.807) is 23.6 Å². The minimum absolute atomic E-state index is 0.0920. The van der Waals surface area contributed by atoms with E-state index in [2.05, 4.69) is 4.98 Å². The van der Waals surface area contributed by atoms with Crippen LogP contribution in [0.5, 0.6) is 0 Å². The molecule has 0 aliphatic carbocycles. The van der Waals surface area contributed by atoms with Crippen LogP contribution in [-0.2, 0) is 0 Å². The highest BCUT2D eigenvalue weighted by Gasteiger charge is 2.19. The van der Waals surface area contributed by atoms with Gasteiger partial charge < -0.3 is 0 Å². The largest absolute Gasteiger partial charge is 0.315 e. The highest BCUT2D eigenvalue weighted by Crippen LogP contribution is 2.26. The predicted molar refractivity (Wildman–Crippen MR) is 60.7 cm³/mol. The van der Waals surface area contributed by atoms with E-state index in [1.165, 1.54) is 0 Å². The molecule has 0 fully saturated rings. The summed E-state index contributed by atoms with van der Waals surface area (Å²) in [5, 5.41) is 11.0. The van der Waals surface area contributed by atoms with Crippen molar-refractivity contribution < 1.29 is 4.92 Å². The van der Waals surface area contributed by atoms with Gasteiger partial charge in [-0.1, -0.05) is 13.8 Å². The van der Waals surface area contributed by atoms with Crippen LogP contribution in [-0.4, -0.2) is 14.3 Å². The van der Waals surface area contributed by atoms with E-state index in [9.17, 15) is 10.1 Å². The molecule has 2 aromatic rings. The maximum absolute atomic E-state index is 11.0. The van der Waals surface area contributed by atoms with Crippen LogP contribution >= 0.6 is 0 Å². The maximum atomic E-state index is 11.0. The molecule has 2 heterocycles. The maximum Gasteiger partial charge on any atom is 0.315 e. The molecule has 0 saturated carbocycles. The molecule has 0 N–H and O–H groups in total. The van der Waals surface area contributed by atoms with Gasteiger partial charge in [0.15, 0.2) is 0 Å². The third kappa shape index (κ3) is 1.44. The molecule has 0 unspecified atom stereocenters. The molecule has 0 radical (unpaired) electrons. The summed E-state index contributed by atoms with van der Waals surface area (Å²) in [6.07, 6.45) is 3.53. The van der Waals surface area contributed by atoms with Crippen molar-refractivity contribution in [2.45, 2.75) is 26.7 Å². The molecule has 0 bridgehead atoms. The topological polar surface area (TPSA) is 60.4 Å². The standard InChI is InChI=1S/C11H13N3O2/c1-7(2)9-6-12-11-10(14(15)16)8(3)4-5-13(9)11/h4-7H,1-3H3. The van der Waals surface area contributed by atoms with Crippen molar-refractivity contribution in [3.63, 3.8) is 0 Å². The van der Waals surface area contributed by atoms with Crippen LogP contribution < -0.4 is 0 Å². The first-order chi connectivity index (χ1) is 7.52. The summed E-state index contributed by atoms with van der Waals surface area (Å²) in [5.41, 5.74) is 2.14. The van der Waals surface area contributed by atoms with Crippen molar-refractivity contribution in [1.82, 2.24) is 9.38 Å². The lowest BCUT2D eigenvalue weighted by Crippen LogP contribution is -1.99. The van der Waals surface area contributed by atoms with Crippen LogP contribution in [0.25, 0.3) is 5.65 Å². The molecule has 0 amide bonds. The highest BCUT2D eigenvalue weighted by atomic mass is 16.6. The number of hydrogen-bond donors (Lipinski definition) is 0. The SMILES string of the molecule is Cc1ccn2c(C(C)C)cnc2c1[N+](=O)[O-]. The van der Waals surface area contributed by atoms with Gasteiger partial charge >= 0.3 is 5.69 Å². The molecular weight excluding hydrogens is 206 g/mol. The van der Waals surface area contributed by atoms with Crippen LogP contribution in [0.2, 0.25) is 0 Å². The fourth-order valence-electron chi connectivity index (χ4n) is 1.80. The van der Waals surface area contributed by atoms with Crippen molar-refractivity contribution in [2.24, 2.45) is 0 Å². The lowest BCUT2D eigenvalue weighted by Gasteiger charge is -2.05. The second-order valence-electron chi connectivity index (χ2n) is 4.14. The Morgan fingerprint density at radius 3 is 2.75 bits per heavy atom. The summed E-state index contributed by atoms with van der Waals surface area (Å²) in [7, 11) is 0. The van der Waals surface area contributed by atoms with Crippen molar-refractivity contribution in [1.29, 1.82) is 0 Å². The molecule has 0 saturated heterocycles. The van der Waals surface area contributed by atoms with E-state index in [0.717, 1.165) is 5.69 Å². The summed E-state index contributed by atoms with van der Waals surface area (Å²) < 4.78 is 1.79. The Bertz CT molecular complexity index is 558. The van der Waals surface area contributed by atoms with Gasteiger partial charge in [-0.25, -0.2) is 4.98 Å². The van der Waals surface area contributed by atoms with E-state index >= 15 is 0 Å². The average Bonchev–Trinajstić information content (AvgIpc) is 2.59. The smallest absolute Gasteiger partial charge is 0.298 e. The Kier molecular flexibility index (Phi) is 2.38. The van der Waals surface area contributed by atoms with Gasteiger partial charge in [0, 0.05) is 23.7 Å². The molecule has 84 valence electrons. The van der Waals surface area contributed by atoms with E-state index in [0.29, 0.717) is 11.2 Å². The Labute approximate surface area is 92.9 Å². The van der Waals surface area contributed by atoms with Crippen molar-refractivity contribution >= 4 is 11.3 Å². The molecule has 0 aromatic carbocycles. The van der Waals surface area contributed by atoms with Gasteiger partial charge in [0.1, 0.15) is 0 Å². The van der Waals surface area contributed by atoms with Gasteiger partial charge in [-0.3, -0.25) is 14.5 Å². The first-order valence-corrected chi connectivity index (χ1v) is 5.13. The predicted octanol–water partition coefficient (Wildman–Crippen LogP) is 2.67. The van der Waals surface area contributed by atoms with Gasteiger partial charge in [-0.05, 0) is 18.9 Å². The van der Waals surface area contributed by atoms with Gasteiger partial charge in [0.05, 0.1) is 4.92 Å². The number of aryl methyl sites for hydroxylation is 1. The normalized spacial score (nSPS) is 11.2. The summed E-state index contributed by atoms with van der Waals surface area (Å²) in [6.45, 7) is 5.80. The summed E-state index contributed by atoms with van der Waals surface area (Å²) in [5.74, 6) is 0.289. The second kappa shape index (κ2) is 3.59. The van der Waals surface area contributed by atoms with Gasteiger partial charge in [-0.15, -0.1) is 0 Å². The summed E-state index contributed by atoms with van der Waals surface area (Å²) >= 11 is 0. The molecule has 0 atom stereocenters. The molecule has 0 aliphatic rings. The van der Waals surface area contributed by atoms with Gasteiger partial charge in [0.25, 0.3) is 0 Å². The number of aromatic nitrogens is 2. The van der Waals surface area contributed by atoms with Crippen molar-refractivity contribution in [3.8, 4) is 0 Å². The molecule has 16 heavy (non-hydrogen) atoms. The van der Waals surface area contributed by atoms with Crippen LogP contribution in [0.1, 0.15) is 31.0 Å². The second-order valence-corrected chi connectivity index (χ2v) is 4.14. The summed E-state index contributed by atoms with van der Waals surface area (Å²) in [6, 6.07) is 1.75. The Hall–Kier alpha value is -1.91. The lowest BCUT2D eigenvalue weighted by atomic mass is 10.1. The number of fused-ring (bicyclic) bond motifs is 1. The average molecular weight is 219 g/mol. The quantitative estimate of drug-likeness (QED) is 0.576. The molecule has 0 aliphatic heterocycles.